The zero-order valence-electron chi connectivity index (χ0n) is 7.56. The van der Waals surface area contributed by atoms with E-state index in [1.165, 1.54) is 10.7 Å². The van der Waals surface area contributed by atoms with Crippen LogP contribution in [-0.2, 0) is 18.4 Å². The average Bonchev–Trinajstić information content (AvgIpc) is 2.44. The molecule has 0 amide bonds. The van der Waals surface area contributed by atoms with Crippen molar-refractivity contribution in [2.75, 3.05) is 6.61 Å². The minimum atomic E-state index is -0.518. The van der Waals surface area contributed by atoms with Gasteiger partial charge in [-0.1, -0.05) is 0 Å². The van der Waals surface area contributed by atoms with Gasteiger partial charge in [-0.25, -0.2) is 0 Å². The summed E-state index contributed by atoms with van der Waals surface area (Å²) in [6.07, 6.45) is 0. The molecule has 0 aliphatic heterocycles. The Kier molecular flexibility index (Phi) is 2.97. The third kappa shape index (κ3) is 2.25. The van der Waals surface area contributed by atoms with E-state index in [9.17, 15) is 10.1 Å². The third-order valence-electron chi connectivity index (χ3n) is 1.60. The highest BCUT2D eigenvalue weighted by Gasteiger charge is 2.14. The first kappa shape index (κ1) is 9.66. The highest BCUT2D eigenvalue weighted by Crippen LogP contribution is 2.11. The van der Waals surface area contributed by atoms with E-state index >= 15 is 0 Å². The Morgan fingerprint density at radius 3 is 2.92 bits per heavy atom. The van der Waals surface area contributed by atoms with E-state index in [-0.39, 0.29) is 5.82 Å². The van der Waals surface area contributed by atoms with Crippen molar-refractivity contribution in [1.82, 2.24) is 9.78 Å². The standard InChI is InChI=1S/C7H11N3O3/c1-3-13-5-6-4-7(10(11)12)8-9(6)2/h4H,3,5H2,1-2H3. The molecule has 0 fully saturated rings. The van der Waals surface area contributed by atoms with E-state index in [4.69, 9.17) is 4.74 Å². The summed E-state index contributed by atoms with van der Waals surface area (Å²) < 4.78 is 6.56. The molecule has 6 nitrogen and oxygen atoms in total. The predicted molar refractivity (Wildman–Crippen MR) is 45.2 cm³/mol. The van der Waals surface area contributed by atoms with E-state index in [0.717, 1.165) is 0 Å². The fourth-order valence-electron chi connectivity index (χ4n) is 0.920. The molecule has 1 aromatic rings. The molecule has 6 heteroatoms. The van der Waals surface area contributed by atoms with E-state index in [2.05, 4.69) is 5.10 Å². The molecule has 0 aromatic carbocycles. The summed E-state index contributed by atoms with van der Waals surface area (Å²) in [4.78, 5) is 9.81. The Labute approximate surface area is 75.3 Å². The van der Waals surface area contributed by atoms with Crippen LogP contribution in [0.2, 0.25) is 0 Å². The number of hydrogen-bond acceptors (Lipinski definition) is 4. The van der Waals surface area contributed by atoms with Gasteiger partial charge in [-0.05, 0) is 11.8 Å². The Bertz CT molecular complexity index is 308. The lowest BCUT2D eigenvalue weighted by Crippen LogP contribution is -2.00. The molecule has 13 heavy (non-hydrogen) atoms. The van der Waals surface area contributed by atoms with E-state index in [0.29, 0.717) is 18.9 Å². The minimum Gasteiger partial charge on any atom is -0.375 e. The molecular formula is C7H11N3O3. The van der Waals surface area contributed by atoms with Gasteiger partial charge < -0.3 is 14.9 Å². The Morgan fingerprint density at radius 2 is 2.46 bits per heavy atom. The lowest BCUT2D eigenvalue weighted by atomic mass is 10.4. The highest BCUT2D eigenvalue weighted by molar-refractivity contribution is 5.21. The first-order chi connectivity index (χ1) is 6.15. The van der Waals surface area contributed by atoms with Gasteiger partial charge in [-0.2, -0.15) is 4.68 Å². The summed E-state index contributed by atoms with van der Waals surface area (Å²) in [5.74, 6) is -0.141. The van der Waals surface area contributed by atoms with Gasteiger partial charge in [-0.3, -0.25) is 0 Å². The van der Waals surface area contributed by atoms with Crippen LogP contribution in [0.4, 0.5) is 5.82 Å². The smallest absolute Gasteiger partial charge is 0.375 e. The normalized spacial score (nSPS) is 10.3. The van der Waals surface area contributed by atoms with Gasteiger partial charge in [0.25, 0.3) is 0 Å². The zero-order chi connectivity index (χ0) is 9.84. The second kappa shape index (κ2) is 3.99. The maximum atomic E-state index is 10.3. The molecular weight excluding hydrogens is 174 g/mol. The lowest BCUT2D eigenvalue weighted by Gasteiger charge is -1.96. The van der Waals surface area contributed by atoms with Crippen molar-refractivity contribution in [2.24, 2.45) is 7.05 Å². The summed E-state index contributed by atoms with van der Waals surface area (Å²) >= 11 is 0. The van der Waals surface area contributed by atoms with Crippen LogP contribution in [0, 0.1) is 10.1 Å². The molecule has 0 bridgehead atoms. The first-order valence-corrected chi connectivity index (χ1v) is 3.90. The molecule has 0 radical (unpaired) electrons. The number of rotatable bonds is 4. The lowest BCUT2D eigenvalue weighted by molar-refractivity contribution is -0.389. The summed E-state index contributed by atoms with van der Waals surface area (Å²) in [6.45, 7) is 2.80. The largest absolute Gasteiger partial charge is 0.390 e. The average molecular weight is 185 g/mol. The summed E-state index contributed by atoms with van der Waals surface area (Å²) in [6, 6.07) is 1.41. The Hall–Kier alpha value is -1.43. The van der Waals surface area contributed by atoms with Gasteiger partial charge >= 0.3 is 5.82 Å². The SMILES string of the molecule is CCOCc1cc([N+](=O)[O-])nn1C. The molecule has 0 atom stereocenters. The second-order valence-electron chi connectivity index (χ2n) is 2.51. The van der Waals surface area contributed by atoms with Crippen molar-refractivity contribution in [3.8, 4) is 0 Å². The van der Waals surface area contributed by atoms with Crippen molar-refractivity contribution in [3.05, 3.63) is 21.9 Å². The van der Waals surface area contributed by atoms with E-state index < -0.39 is 4.92 Å². The van der Waals surface area contributed by atoms with Gasteiger partial charge in [-0.15, -0.1) is 0 Å². The molecule has 0 aliphatic rings. The molecule has 0 unspecified atom stereocenters. The number of ether oxygens (including phenoxy) is 1. The first-order valence-electron chi connectivity index (χ1n) is 3.90. The minimum absolute atomic E-state index is 0.141. The van der Waals surface area contributed by atoms with Gasteiger partial charge in [0.15, 0.2) is 0 Å². The molecule has 0 N–H and O–H groups in total. The summed E-state index contributed by atoms with van der Waals surface area (Å²) in [5.41, 5.74) is 0.702. The molecule has 0 saturated carbocycles. The van der Waals surface area contributed by atoms with Crippen molar-refractivity contribution in [2.45, 2.75) is 13.5 Å². The van der Waals surface area contributed by atoms with Crippen molar-refractivity contribution >= 4 is 5.82 Å². The number of aromatic nitrogens is 2. The maximum absolute atomic E-state index is 10.3. The molecule has 1 rings (SSSR count). The van der Waals surface area contributed by atoms with Crippen LogP contribution in [0.25, 0.3) is 0 Å². The summed E-state index contributed by atoms with van der Waals surface area (Å²) in [7, 11) is 1.65. The van der Waals surface area contributed by atoms with Gasteiger partial charge in [0.1, 0.15) is 0 Å². The van der Waals surface area contributed by atoms with Gasteiger partial charge in [0.05, 0.1) is 30.5 Å². The van der Waals surface area contributed by atoms with Crippen LogP contribution in [0.1, 0.15) is 12.6 Å². The van der Waals surface area contributed by atoms with Crippen LogP contribution in [0.15, 0.2) is 6.07 Å². The Morgan fingerprint density at radius 1 is 1.77 bits per heavy atom. The highest BCUT2D eigenvalue weighted by atomic mass is 16.6. The topological polar surface area (TPSA) is 70.2 Å². The number of nitrogens with zero attached hydrogens (tertiary/aromatic N) is 3. The molecule has 0 saturated heterocycles. The van der Waals surface area contributed by atoms with E-state index in [1.807, 2.05) is 6.92 Å². The number of hydrogen-bond donors (Lipinski definition) is 0. The van der Waals surface area contributed by atoms with Gasteiger partial charge in [0.2, 0.25) is 0 Å². The third-order valence-corrected chi connectivity index (χ3v) is 1.60. The maximum Gasteiger partial charge on any atom is 0.390 e. The van der Waals surface area contributed by atoms with Crippen molar-refractivity contribution in [1.29, 1.82) is 0 Å². The molecule has 1 aromatic heterocycles. The van der Waals surface area contributed by atoms with Crippen LogP contribution in [0.3, 0.4) is 0 Å². The van der Waals surface area contributed by atoms with Crippen LogP contribution < -0.4 is 0 Å². The fraction of sp³-hybridized carbons (Fsp3) is 0.571. The fourth-order valence-corrected chi connectivity index (χ4v) is 0.920. The molecule has 1 heterocycles. The number of aryl methyl sites for hydroxylation is 1. The van der Waals surface area contributed by atoms with Crippen molar-refractivity contribution in [3.63, 3.8) is 0 Å². The second-order valence-corrected chi connectivity index (χ2v) is 2.51. The summed E-state index contributed by atoms with van der Waals surface area (Å²) in [5, 5.41) is 14.0. The van der Waals surface area contributed by atoms with Crippen molar-refractivity contribution < 1.29 is 9.66 Å². The van der Waals surface area contributed by atoms with Crippen LogP contribution in [0.5, 0.6) is 0 Å². The zero-order valence-corrected chi connectivity index (χ0v) is 7.56. The molecule has 0 aliphatic carbocycles. The van der Waals surface area contributed by atoms with Crippen LogP contribution in [-0.4, -0.2) is 21.3 Å². The number of nitro groups is 1. The van der Waals surface area contributed by atoms with E-state index in [1.54, 1.807) is 7.05 Å². The quantitative estimate of drug-likeness (QED) is 0.515. The predicted octanol–water partition coefficient (Wildman–Crippen LogP) is 0.865. The van der Waals surface area contributed by atoms with Crippen LogP contribution >= 0.6 is 0 Å². The molecule has 0 spiro atoms. The Balaban J connectivity index is 2.77. The molecule has 72 valence electrons. The monoisotopic (exact) mass is 185 g/mol. The van der Waals surface area contributed by atoms with Gasteiger partial charge in [0, 0.05) is 6.61 Å².